The monoisotopic (exact) mass is 390 g/mol. The lowest BCUT2D eigenvalue weighted by molar-refractivity contribution is -0.155. The molecule has 0 bridgehead atoms. The van der Waals surface area contributed by atoms with Gasteiger partial charge in [0.15, 0.2) is 6.10 Å². The van der Waals surface area contributed by atoms with E-state index in [1.807, 2.05) is 24.3 Å². The van der Waals surface area contributed by atoms with Gasteiger partial charge in [0.1, 0.15) is 0 Å². The smallest absolute Gasteiger partial charge is 0.308 e. The molecule has 1 fully saturated rings. The van der Waals surface area contributed by atoms with Crippen LogP contribution in [0.25, 0.3) is 0 Å². The van der Waals surface area contributed by atoms with E-state index < -0.39 is 17.3 Å². The molecule has 1 aliphatic carbocycles. The van der Waals surface area contributed by atoms with Crippen molar-refractivity contribution in [1.82, 2.24) is 5.32 Å². The highest BCUT2D eigenvalue weighted by Crippen LogP contribution is 2.36. The van der Waals surface area contributed by atoms with Gasteiger partial charge in [-0.1, -0.05) is 37.8 Å². The number of hydrogen-bond donors (Lipinski definition) is 2. The van der Waals surface area contributed by atoms with Gasteiger partial charge >= 0.3 is 5.97 Å². The van der Waals surface area contributed by atoms with Crippen LogP contribution >= 0.6 is 11.8 Å². The Morgan fingerprint density at radius 1 is 1.22 bits per heavy atom. The first-order chi connectivity index (χ1) is 13.0. The van der Waals surface area contributed by atoms with E-state index in [1.165, 1.54) is 24.6 Å². The molecule has 3 rings (SSSR count). The molecule has 0 aromatic heterocycles. The predicted molar refractivity (Wildman–Crippen MR) is 105 cm³/mol. The van der Waals surface area contributed by atoms with E-state index in [-0.39, 0.29) is 24.3 Å². The van der Waals surface area contributed by atoms with E-state index in [9.17, 15) is 14.4 Å². The van der Waals surface area contributed by atoms with Crippen molar-refractivity contribution in [3.8, 4) is 0 Å². The van der Waals surface area contributed by atoms with Gasteiger partial charge in [-0.25, -0.2) is 0 Å². The van der Waals surface area contributed by atoms with Crippen molar-refractivity contribution < 1.29 is 19.1 Å². The van der Waals surface area contributed by atoms with Gasteiger partial charge in [-0.3, -0.25) is 14.4 Å². The number of nitrogens with one attached hydrogen (secondary N) is 2. The van der Waals surface area contributed by atoms with Crippen LogP contribution in [0.2, 0.25) is 0 Å². The SMILES string of the molecule is C[C@@H](OC(=O)C[C@H]1Sc2ccccc2NC1=O)C(=O)NC1CCCCCC1. The normalized spacial score (nSPS) is 21.4. The number of anilines is 1. The second-order valence-electron chi connectivity index (χ2n) is 7.13. The molecule has 1 saturated carbocycles. The second kappa shape index (κ2) is 9.26. The molecular formula is C20H26N2O4S. The maximum Gasteiger partial charge on any atom is 0.308 e. The number of hydrogen-bond acceptors (Lipinski definition) is 5. The first kappa shape index (κ1) is 19.7. The lowest BCUT2D eigenvalue weighted by atomic mass is 10.1. The van der Waals surface area contributed by atoms with Crippen LogP contribution in [0.5, 0.6) is 0 Å². The van der Waals surface area contributed by atoms with E-state index >= 15 is 0 Å². The number of esters is 1. The number of rotatable bonds is 5. The van der Waals surface area contributed by atoms with Gasteiger partial charge in [-0.2, -0.15) is 0 Å². The molecule has 1 aromatic carbocycles. The Hall–Kier alpha value is -2.02. The maximum absolute atomic E-state index is 12.3. The van der Waals surface area contributed by atoms with Gasteiger partial charge in [0.2, 0.25) is 5.91 Å². The predicted octanol–water partition coefficient (Wildman–Crippen LogP) is 3.26. The third kappa shape index (κ3) is 5.48. The molecule has 2 aliphatic rings. The van der Waals surface area contributed by atoms with Gasteiger partial charge in [0.05, 0.1) is 17.4 Å². The first-order valence-electron chi connectivity index (χ1n) is 9.59. The Labute approximate surface area is 163 Å². The van der Waals surface area contributed by atoms with E-state index in [0.717, 1.165) is 36.3 Å². The van der Waals surface area contributed by atoms with Crippen LogP contribution in [0.3, 0.4) is 0 Å². The minimum atomic E-state index is -0.857. The molecule has 27 heavy (non-hydrogen) atoms. The summed E-state index contributed by atoms with van der Waals surface area (Å²) in [6, 6.07) is 7.63. The molecule has 1 aliphatic heterocycles. The fourth-order valence-electron chi connectivity index (χ4n) is 3.42. The summed E-state index contributed by atoms with van der Waals surface area (Å²) in [6.45, 7) is 1.58. The summed E-state index contributed by atoms with van der Waals surface area (Å²) in [6.07, 6.45) is 5.69. The van der Waals surface area contributed by atoms with Crippen molar-refractivity contribution in [3.05, 3.63) is 24.3 Å². The van der Waals surface area contributed by atoms with Crippen LogP contribution in [-0.2, 0) is 19.1 Å². The van der Waals surface area contributed by atoms with E-state index in [2.05, 4.69) is 10.6 Å². The summed E-state index contributed by atoms with van der Waals surface area (Å²) in [5, 5.41) is 5.24. The van der Waals surface area contributed by atoms with Crippen LogP contribution in [0.1, 0.15) is 51.9 Å². The Morgan fingerprint density at radius 2 is 1.93 bits per heavy atom. The largest absolute Gasteiger partial charge is 0.453 e. The molecule has 7 heteroatoms. The molecule has 146 valence electrons. The highest BCUT2D eigenvalue weighted by atomic mass is 32.2. The lowest BCUT2D eigenvalue weighted by Crippen LogP contribution is -2.42. The van der Waals surface area contributed by atoms with Gasteiger partial charge in [-0.15, -0.1) is 11.8 Å². The topological polar surface area (TPSA) is 84.5 Å². The summed E-state index contributed by atoms with van der Waals surface area (Å²) < 4.78 is 5.28. The summed E-state index contributed by atoms with van der Waals surface area (Å²) in [4.78, 5) is 37.7. The van der Waals surface area contributed by atoms with Crippen LogP contribution in [0.4, 0.5) is 5.69 Å². The van der Waals surface area contributed by atoms with Crippen LogP contribution < -0.4 is 10.6 Å². The summed E-state index contributed by atoms with van der Waals surface area (Å²) in [7, 11) is 0. The molecule has 0 unspecified atom stereocenters. The quantitative estimate of drug-likeness (QED) is 0.595. The fraction of sp³-hybridized carbons (Fsp3) is 0.550. The molecule has 2 amide bonds. The van der Waals surface area contributed by atoms with Crippen molar-refractivity contribution in [2.24, 2.45) is 0 Å². The number of para-hydroxylation sites is 1. The number of carbonyl (C=O) groups excluding carboxylic acids is 3. The van der Waals surface area contributed by atoms with Crippen molar-refractivity contribution >= 4 is 35.2 Å². The number of fused-ring (bicyclic) bond motifs is 1. The molecular weight excluding hydrogens is 364 g/mol. The standard InChI is InChI=1S/C20H26N2O4S/c1-13(19(24)21-14-8-4-2-3-5-9-14)26-18(23)12-17-20(25)22-15-10-6-7-11-16(15)27-17/h6-7,10-11,13-14,17H,2-5,8-9,12H2,1H3,(H,21,24)(H,22,25)/t13-,17-/m1/s1. The van der Waals surface area contributed by atoms with E-state index in [4.69, 9.17) is 4.74 Å². The maximum atomic E-state index is 12.3. The fourth-order valence-corrected chi connectivity index (χ4v) is 4.51. The minimum Gasteiger partial charge on any atom is -0.453 e. The molecule has 6 nitrogen and oxygen atoms in total. The minimum absolute atomic E-state index is 0.0636. The van der Waals surface area contributed by atoms with Crippen molar-refractivity contribution in [3.63, 3.8) is 0 Å². The average Bonchev–Trinajstić information content (AvgIpc) is 2.91. The third-order valence-corrected chi connectivity index (χ3v) is 6.21. The zero-order chi connectivity index (χ0) is 19.2. The van der Waals surface area contributed by atoms with Gasteiger partial charge in [0.25, 0.3) is 5.91 Å². The van der Waals surface area contributed by atoms with Crippen LogP contribution in [0.15, 0.2) is 29.2 Å². The van der Waals surface area contributed by atoms with Gasteiger partial charge < -0.3 is 15.4 Å². The number of carbonyl (C=O) groups is 3. The first-order valence-corrected chi connectivity index (χ1v) is 10.5. The van der Waals surface area contributed by atoms with Crippen LogP contribution in [0, 0.1) is 0 Å². The van der Waals surface area contributed by atoms with Crippen molar-refractivity contribution in [2.45, 2.75) is 74.2 Å². The zero-order valence-electron chi connectivity index (χ0n) is 15.5. The Kier molecular flexibility index (Phi) is 6.77. The molecule has 1 heterocycles. The summed E-state index contributed by atoms with van der Waals surface area (Å²) >= 11 is 1.35. The van der Waals surface area contributed by atoms with E-state index in [0.29, 0.717) is 0 Å². The molecule has 0 radical (unpaired) electrons. The second-order valence-corrected chi connectivity index (χ2v) is 8.37. The highest BCUT2D eigenvalue weighted by Gasteiger charge is 2.30. The van der Waals surface area contributed by atoms with E-state index in [1.54, 1.807) is 6.92 Å². The molecule has 2 atom stereocenters. The molecule has 0 saturated heterocycles. The lowest BCUT2D eigenvalue weighted by Gasteiger charge is -2.24. The molecule has 0 spiro atoms. The number of ether oxygens (including phenoxy) is 1. The number of thioether (sulfide) groups is 1. The average molecular weight is 391 g/mol. The summed E-state index contributed by atoms with van der Waals surface area (Å²) in [5.74, 6) is -1.02. The molecule has 2 N–H and O–H groups in total. The Morgan fingerprint density at radius 3 is 2.67 bits per heavy atom. The van der Waals surface area contributed by atoms with Crippen LogP contribution in [-0.4, -0.2) is 35.2 Å². The van der Waals surface area contributed by atoms with Crippen molar-refractivity contribution in [1.29, 1.82) is 0 Å². The third-order valence-electron chi connectivity index (χ3n) is 4.94. The number of benzene rings is 1. The number of amides is 2. The van der Waals surface area contributed by atoms with Crippen molar-refractivity contribution in [2.75, 3.05) is 5.32 Å². The highest BCUT2D eigenvalue weighted by molar-refractivity contribution is 8.01. The zero-order valence-corrected chi connectivity index (χ0v) is 16.3. The Balaban J connectivity index is 1.48. The van der Waals surface area contributed by atoms with Gasteiger partial charge in [-0.05, 0) is 31.9 Å². The molecule has 1 aromatic rings. The summed E-state index contributed by atoms with van der Waals surface area (Å²) in [5.41, 5.74) is 0.758. The Bertz CT molecular complexity index is 701. The van der Waals surface area contributed by atoms with Gasteiger partial charge in [0, 0.05) is 10.9 Å².